The van der Waals surface area contributed by atoms with Crippen molar-refractivity contribution in [3.8, 4) is 6.07 Å². The number of ether oxygens (including phenoxy) is 1. The van der Waals surface area contributed by atoms with Crippen LogP contribution in [0.3, 0.4) is 0 Å². The molecule has 0 aliphatic carbocycles. The molecule has 1 aromatic heterocycles. The highest BCUT2D eigenvalue weighted by molar-refractivity contribution is 5.37. The van der Waals surface area contributed by atoms with Gasteiger partial charge in [0.15, 0.2) is 5.69 Å². The van der Waals surface area contributed by atoms with Gasteiger partial charge in [0, 0.05) is 32.7 Å². The van der Waals surface area contributed by atoms with Crippen LogP contribution in [0.2, 0.25) is 0 Å². The van der Waals surface area contributed by atoms with E-state index in [1.807, 2.05) is 6.07 Å². The maximum Gasteiger partial charge on any atom is 0.158 e. The molecule has 1 aromatic rings. The first-order valence-electron chi connectivity index (χ1n) is 7.00. The molecule has 0 unspecified atom stereocenters. The number of nitriles is 1. The molecule has 0 N–H and O–H groups in total. The molecule has 6 heteroatoms. The van der Waals surface area contributed by atoms with Gasteiger partial charge in [0.1, 0.15) is 11.9 Å². The molecule has 1 aliphatic rings. The molecule has 0 radical (unpaired) electrons. The molecule has 0 atom stereocenters. The van der Waals surface area contributed by atoms with Crippen molar-refractivity contribution in [3.63, 3.8) is 0 Å². The summed E-state index contributed by atoms with van der Waals surface area (Å²) in [6.07, 6.45) is 3.50. The highest BCUT2D eigenvalue weighted by Crippen LogP contribution is 2.12. The van der Waals surface area contributed by atoms with Crippen molar-refractivity contribution in [2.75, 3.05) is 44.2 Å². The predicted octanol–water partition coefficient (Wildman–Crippen LogP) is 0.895. The Balaban J connectivity index is 1.77. The maximum atomic E-state index is 8.71. The third-order valence-corrected chi connectivity index (χ3v) is 3.31. The summed E-state index contributed by atoms with van der Waals surface area (Å²) in [4.78, 5) is 12.9. The first kappa shape index (κ1) is 14.7. The lowest BCUT2D eigenvalue weighted by atomic mass is 10.3. The Morgan fingerprint density at radius 3 is 2.55 bits per heavy atom. The summed E-state index contributed by atoms with van der Waals surface area (Å²) in [6, 6.07) is 1.98. The van der Waals surface area contributed by atoms with Gasteiger partial charge in [0.2, 0.25) is 0 Å². The average Bonchev–Trinajstić information content (AvgIpc) is 2.48. The fourth-order valence-corrected chi connectivity index (χ4v) is 2.16. The maximum absolute atomic E-state index is 8.71. The van der Waals surface area contributed by atoms with E-state index in [0.717, 1.165) is 45.1 Å². The van der Waals surface area contributed by atoms with Gasteiger partial charge < -0.3 is 9.64 Å². The van der Waals surface area contributed by atoms with Crippen molar-refractivity contribution in [3.05, 3.63) is 18.1 Å². The molecule has 2 rings (SSSR count). The van der Waals surface area contributed by atoms with Gasteiger partial charge in [0.25, 0.3) is 0 Å². The van der Waals surface area contributed by atoms with Crippen LogP contribution in [-0.4, -0.2) is 60.3 Å². The minimum Gasteiger partial charge on any atom is -0.377 e. The van der Waals surface area contributed by atoms with Crippen molar-refractivity contribution in [1.29, 1.82) is 5.26 Å². The van der Waals surface area contributed by atoms with Crippen LogP contribution < -0.4 is 4.90 Å². The standard InChI is InChI=1S/C14H21N5O/c1-12(2)20-8-7-18-3-5-19(6-4-18)14-11-16-13(9-15)10-17-14/h10-12H,3-8H2,1-2H3. The van der Waals surface area contributed by atoms with Gasteiger partial charge in [-0.1, -0.05) is 0 Å². The van der Waals surface area contributed by atoms with Crippen LogP contribution in [0.5, 0.6) is 0 Å². The lowest BCUT2D eigenvalue weighted by Gasteiger charge is -2.35. The van der Waals surface area contributed by atoms with E-state index in [0.29, 0.717) is 11.8 Å². The molecule has 20 heavy (non-hydrogen) atoms. The first-order chi connectivity index (χ1) is 9.69. The van der Waals surface area contributed by atoms with E-state index in [4.69, 9.17) is 10.00 Å². The molecule has 0 aromatic carbocycles. The van der Waals surface area contributed by atoms with Gasteiger partial charge in [-0.2, -0.15) is 5.26 Å². The summed E-state index contributed by atoms with van der Waals surface area (Å²) in [5, 5.41) is 8.71. The summed E-state index contributed by atoms with van der Waals surface area (Å²) in [5.41, 5.74) is 0.359. The zero-order chi connectivity index (χ0) is 14.4. The molecule has 1 aliphatic heterocycles. The molecule has 0 spiro atoms. The second-order valence-electron chi connectivity index (χ2n) is 5.12. The summed E-state index contributed by atoms with van der Waals surface area (Å²) in [7, 11) is 0. The Hall–Kier alpha value is -1.71. The molecular weight excluding hydrogens is 254 g/mol. The predicted molar refractivity (Wildman–Crippen MR) is 76.5 cm³/mol. The molecule has 0 saturated carbocycles. The Labute approximate surface area is 120 Å². The van der Waals surface area contributed by atoms with Crippen molar-refractivity contribution < 1.29 is 4.74 Å². The zero-order valence-corrected chi connectivity index (χ0v) is 12.1. The van der Waals surface area contributed by atoms with E-state index in [9.17, 15) is 0 Å². The van der Waals surface area contributed by atoms with Crippen LogP contribution in [0.1, 0.15) is 19.5 Å². The average molecular weight is 275 g/mol. The molecule has 108 valence electrons. The fraction of sp³-hybridized carbons (Fsp3) is 0.643. The number of nitrogens with zero attached hydrogens (tertiary/aromatic N) is 5. The smallest absolute Gasteiger partial charge is 0.158 e. The van der Waals surface area contributed by atoms with Crippen molar-refractivity contribution in [2.24, 2.45) is 0 Å². The first-order valence-corrected chi connectivity index (χ1v) is 7.00. The van der Waals surface area contributed by atoms with Gasteiger partial charge in [-0.05, 0) is 13.8 Å². The van der Waals surface area contributed by atoms with Crippen LogP contribution in [0.4, 0.5) is 5.82 Å². The van der Waals surface area contributed by atoms with E-state index in [2.05, 4.69) is 33.6 Å². The van der Waals surface area contributed by atoms with Gasteiger partial charge >= 0.3 is 0 Å². The Bertz CT molecular complexity index is 446. The number of rotatable bonds is 5. The fourth-order valence-electron chi connectivity index (χ4n) is 2.16. The number of hydrogen-bond donors (Lipinski definition) is 0. The summed E-state index contributed by atoms with van der Waals surface area (Å²) >= 11 is 0. The molecule has 6 nitrogen and oxygen atoms in total. The van der Waals surface area contributed by atoms with Gasteiger partial charge in [-0.15, -0.1) is 0 Å². The zero-order valence-electron chi connectivity index (χ0n) is 12.1. The van der Waals surface area contributed by atoms with E-state index in [1.54, 1.807) is 6.20 Å². The van der Waals surface area contributed by atoms with Crippen LogP contribution in [-0.2, 0) is 4.74 Å². The lowest BCUT2D eigenvalue weighted by Crippen LogP contribution is -2.47. The van der Waals surface area contributed by atoms with Crippen molar-refractivity contribution in [2.45, 2.75) is 20.0 Å². The van der Waals surface area contributed by atoms with E-state index < -0.39 is 0 Å². The minimum atomic E-state index is 0.296. The highest BCUT2D eigenvalue weighted by Gasteiger charge is 2.18. The van der Waals surface area contributed by atoms with E-state index >= 15 is 0 Å². The van der Waals surface area contributed by atoms with Crippen LogP contribution >= 0.6 is 0 Å². The van der Waals surface area contributed by atoms with E-state index in [-0.39, 0.29) is 0 Å². The number of aromatic nitrogens is 2. The molecule has 1 fully saturated rings. The topological polar surface area (TPSA) is 65.3 Å². The number of hydrogen-bond acceptors (Lipinski definition) is 6. The third kappa shape index (κ3) is 4.15. The highest BCUT2D eigenvalue weighted by atomic mass is 16.5. The van der Waals surface area contributed by atoms with Crippen LogP contribution in [0, 0.1) is 11.3 Å². The molecule has 0 amide bonds. The third-order valence-electron chi connectivity index (χ3n) is 3.31. The largest absolute Gasteiger partial charge is 0.377 e. The SMILES string of the molecule is CC(C)OCCN1CCN(c2cnc(C#N)cn2)CC1. The van der Waals surface area contributed by atoms with Crippen molar-refractivity contribution in [1.82, 2.24) is 14.9 Å². The Kier molecular flexibility index (Phi) is 5.27. The molecule has 1 saturated heterocycles. The van der Waals surface area contributed by atoms with Crippen molar-refractivity contribution >= 4 is 5.82 Å². The summed E-state index contributed by atoms with van der Waals surface area (Å²) in [5.74, 6) is 0.849. The van der Waals surface area contributed by atoms with Crippen LogP contribution in [0.25, 0.3) is 0 Å². The second kappa shape index (κ2) is 7.17. The van der Waals surface area contributed by atoms with Crippen LogP contribution in [0.15, 0.2) is 12.4 Å². The molecule has 2 heterocycles. The summed E-state index contributed by atoms with van der Waals surface area (Å²) < 4.78 is 5.57. The Morgan fingerprint density at radius 2 is 2.00 bits per heavy atom. The monoisotopic (exact) mass is 275 g/mol. The molecular formula is C14H21N5O. The lowest BCUT2D eigenvalue weighted by molar-refractivity contribution is 0.0578. The normalized spacial score (nSPS) is 16.4. The minimum absolute atomic E-state index is 0.296. The Morgan fingerprint density at radius 1 is 1.25 bits per heavy atom. The summed E-state index contributed by atoms with van der Waals surface area (Å²) in [6.45, 7) is 9.75. The number of piperazine rings is 1. The second-order valence-corrected chi connectivity index (χ2v) is 5.12. The van der Waals surface area contributed by atoms with E-state index in [1.165, 1.54) is 6.20 Å². The van der Waals surface area contributed by atoms with Gasteiger partial charge in [-0.3, -0.25) is 4.90 Å². The number of anilines is 1. The van der Waals surface area contributed by atoms with Gasteiger partial charge in [-0.25, -0.2) is 9.97 Å². The quantitative estimate of drug-likeness (QED) is 0.795. The molecule has 0 bridgehead atoms. The van der Waals surface area contributed by atoms with Gasteiger partial charge in [0.05, 0.1) is 25.1 Å².